The van der Waals surface area contributed by atoms with Crippen molar-refractivity contribution in [3.63, 3.8) is 0 Å². The summed E-state index contributed by atoms with van der Waals surface area (Å²) in [5.41, 5.74) is 26.7. The van der Waals surface area contributed by atoms with Gasteiger partial charge in [-0.05, 0) is 124 Å². The summed E-state index contributed by atoms with van der Waals surface area (Å²) in [6.45, 7) is 17.4. The first-order valence-electron chi connectivity index (χ1n) is 19.5. The maximum Gasteiger partial charge on any atom is 0.0739 e. The topological polar surface area (TPSA) is 57.4 Å². The van der Waals surface area contributed by atoms with Crippen LogP contribution in [-0.2, 0) is 0 Å². The standard InChI is InChI=1S/C52H46N4/c1-29-9-17-37(18-10-29)49-33(5)41-26-46-51(39-21-13-31(3)14-22-39)35(7)43(55-46)28-48-52(40-23-15-32(4)16-24-40)36(8)44(56-48)27-47-50(38-19-11-30(2)12-20-38)34(6)42(54-47)25-45(49)53-41/h9-28,53,56H,1-8H3. The van der Waals surface area contributed by atoms with Crippen LogP contribution in [0.4, 0.5) is 0 Å². The molecule has 2 N–H and O–H groups in total. The Bertz CT molecular complexity index is 2730. The van der Waals surface area contributed by atoms with E-state index in [-0.39, 0.29) is 0 Å². The molecule has 4 heteroatoms. The lowest BCUT2D eigenvalue weighted by Gasteiger charge is -2.06. The Labute approximate surface area is 329 Å². The summed E-state index contributed by atoms with van der Waals surface area (Å²) >= 11 is 0. The highest BCUT2D eigenvalue weighted by Gasteiger charge is 2.23. The molecule has 274 valence electrons. The van der Waals surface area contributed by atoms with Gasteiger partial charge in [-0.1, -0.05) is 119 Å². The Hall–Kier alpha value is -6.52. The first-order valence-corrected chi connectivity index (χ1v) is 19.5. The number of hydrogen-bond donors (Lipinski definition) is 2. The zero-order valence-electron chi connectivity index (χ0n) is 33.4. The van der Waals surface area contributed by atoms with Crippen molar-refractivity contribution in [1.82, 2.24) is 19.9 Å². The molecular weight excluding hydrogens is 681 g/mol. The molecule has 0 amide bonds. The van der Waals surface area contributed by atoms with E-state index in [1.165, 1.54) is 55.6 Å². The maximum absolute atomic E-state index is 5.44. The number of aromatic nitrogens is 4. The lowest BCUT2D eigenvalue weighted by atomic mass is 9.96. The van der Waals surface area contributed by atoms with E-state index in [1.807, 2.05) is 0 Å². The second-order valence-corrected chi connectivity index (χ2v) is 15.7. The van der Waals surface area contributed by atoms with Gasteiger partial charge in [0.2, 0.25) is 0 Å². The molecule has 4 nitrogen and oxygen atoms in total. The lowest BCUT2D eigenvalue weighted by molar-refractivity contribution is 1.29. The summed E-state index contributed by atoms with van der Waals surface area (Å²) < 4.78 is 0. The molecule has 3 aromatic heterocycles. The first kappa shape index (κ1) is 35.2. The van der Waals surface area contributed by atoms with Gasteiger partial charge < -0.3 is 9.97 Å². The molecule has 0 radical (unpaired) electrons. The quantitative estimate of drug-likeness (QED) is 0.190. The molecule has 0 aliphatic carbocycles. The maximum atomic E-state index is 5.44. The Balaban J connectivity index is 1.44. The van der Waals surface area contributed by atoms with Crippen LogP contribution in [0.3, 0.4) is 0 Å². The highest BCUT2D eigenvalue weighted by atomic mass is 14.8. The summed E-state index contributed by atoms with van der Waals surface area (Å²) in [6.07, 6.45) is 0. The van der Waals surface area contributed by atoms with E-state index >= 15 is 0 Å². The largest absolute Gasteiger partial charge is 0.355 e. The normalized spacial score (nSPS) is 12.9. The number of nitrogens with zero attached hydrogens (tertiary/aromatic N) is 2. The van der Waals surface area contributed by atoms with Crippen molar-refractivity contribution in [2.75, 3.05) is 0 Å². The Kier molecular flexibility index (Phi) is 8.58. The van der Waals surface area contributed by atoms with Crippen LogP contribution in [0.1, 0.15) is 81.1 Å². The predicted molar refractivity (Wildman–Crippen MR) is 236 cm³/mol. The number of aromatic amines is 2. The van der Waals surface area contributed by atoms with Crippen molar-refractivity contribution < 1.29 is 0 Å². The molecule has 0 saturated carbocycles. The van der Waals surface area contributed by atoms with Crippen molar-refractivity contribution in [3.8, 4) is 22.3 Å². The monoisotopic (exact) mass is 726 g/mol. The van der Waals surface area contributed by atoms with E-state index in [2.05, 4.69) is 187 Å². The van der Waals surface area contributed by atoms with Crippen LogP contribution >= 0.6 is 0 Å². The highest BCUT2D eigenvalue weighted by molar-refractivity contribution is 6.03. The van der Waals surface area contributed by atoms with Crippen LogP contribution in [0.2, 0.25) is 0 Å². The summed E-state index contributed by atoms with van der Waals surface area (Å²) in [7, 11) is 0. The lowest BCUT2D eigenvalue weighted by Crippen LogP contribution is -1.87. The third-order valence-electron chi connectivity index (χ3n) is 11.6. The zero-order chi connectivity index (χ0) is 38.8. The van der Waals surface area contributed by atoms with Gasteiger partial charge in [0.1, 0.15) is 0 Å². The molecule has 0 unspecified atom stereocenters. The minimum Gasteiger partial charge on any atom is -0.355 e. The van der Waals surface area contributed by atoms with Gasteiger partial charge in [-0.3, -0.25) is 0 Å². The van der Waals surface area contributed by atoms with E-state index in [0.717, 1.165) is 78.3 Å². The number of fused-ring (bicyclic) bond motifs is 8. The molecule has 56 heavy (non-hydrogen) atoms. The van der Waals surface area contributed by atoms with Crippen LogP contribution in [0, 0.1) is 41.5 Å². The molecular formula is C52H46N4. The van der Waals surface area contributed by atoms with E-state index in [9.17, 15) is 0 Å². The van der Waals surface area contributed by atoms with Gasteiger partial charge in [0, 0.05) is 44.3 Å². The molecule has 0 fully saturated rings. The number of benzene rings is 4. The van der Waals surface area contributed by atoms with Gasteiger partial charge in [0.15, 0.2) is 0 Å². The fourth-order valence-electron chi connectivity index (χ4n) is 8.35. The Morgan fingerprint density at radius 1 is 0.321 bits per heavy atom. The average Bonchev–Trinajstić information content (AvgIpc) is 3.86. The van der Waals surface area contributed by atoms with Crippen molar-refractivity contribution >= 4 is 44.4 Å². The third kappa shape index (κ3) is 6.12. The highest BCUT2D eigenvalue weighted by Crippen LogP contribution is 2.41. The minimum absolute atomic E-state index is 0.939. The van der Waals surface area contributed by atoms with Crippen molar-refractivity contribution in [2.24, 2.45) is 0 Å². The van der Waals surface area contributed by atoms with E-state index < -0.39 is 0 Å². The summed E-state index contributed by atoms with van der Waals surface area (Å²) in [5.74, 6) is 0. The second-order valence-electron chi connectivity index (χ2n) is 15.7. The number of hydrogen-bond acceptors (Lipinski definition) is 2. The fourth-order valence-corrected chi connectivity index (χ4v) is 8.35. The summed E-state index contributed by atoms with van der Waals surface area (Å²) in [4.78, 5) is 18.6. The van der Waals surface area contributed by atoms with Crippen LogP contribution in [0.25, 0.3) is 66.6 Å². The molecule has 2 aliphatic rings. The molecule has 4 aromatic carbocycles. The predicted octanol–water partition coefficient (Wildman–Crippen LogP) is 13.5. The van der Waals surface area contributed by atoms with Gasteiger partial charge in [-0.15, -0.1) is 0 Å². The Morgan fingerprint density at radius 3 is 0.929 bits per heavy atom. The molecule has 7 aromatic rings. The van der Waals surface area contributed by atoms with Crippen molar-refractivity contribution in [2.45, 2.75) is 55.4 Å². The second kappa shape index (κ2) is 13.6. The van der Waals surface area contributed by atoms with Crippen LogP contribution in [0.15, 0.2) is 121 Å². The molecule has 8 bridgehead atoms. The number of allylic oxidation sites excluding steroid dienone is 2. The summed E-state index contributed by atoms with van der Waals surface area (Å²) in [5, 5.41) is 0. The fraction of sp³-hybridized carbons (Fsp3) is 0.154. The van der Waals surface area contributed by atoms with Gasteiger partial charge in [0.05, 0.1) is 22.8 Å². The average molecular weight is 727 g/mol. The number of H-pyrrole nitrogens is 2. The number of rotatable bonds is 4. The van der Waals surface area contributed by atoms with Crippen LogP contribution < -0.4 is 0 Å². The van der Waals surface area contributed by atoms with Crippen LogP contribution in [-0.4, -0.2) is 19.9 Å². The first-order chi connectivity index (χ1) is 27.0. The van der Waals surface area contributed by atoms with Gasteiger partial charge >= 0.3 is 0 Å². The van der Waals surface area contributed by atoms with E-state index in [1.54, 1.807) is 0 Å². The van der Waals surface area contributed by atoms with Gasteiger partial charge in [0.25, 0.3) is 0 Å². The molecule has 0 saturated heterocycles. The molecule has 0 spiro atoms. The van der Waals surface area contributed by atoms with Crippen molar-refractivity contribution in [1.29, 1.82) is 0 Å². The summed E-state index contributed by atoms with van der Waals surface area (Å²) in [6, 6.07) is 44.3. The SMILES string of the molecule is CC1=C(c2ccc(C)cc2)c2cc3[nH]c(cc4nc(cc5[nH]c(cc1n2)c(-c1ccc(C)cc1)c5C)C(c1ccc(C)cc1)=C4C)c(-c1ccc(C)cc1)c3C. The zero-order valence-corrected chi connectivity index (χ0v) is 33.4. The molecule has 0 atom stereocenters. The number of nitrogens with one attached hydrogen (secondary N) is 2. The minimum atomic E-state index is 0.939. The van der Waals surface area contributed by atoms with E-state index in [0.29, 0.717) is 0 Å². The van der Waals surface area contributed by atoms with Crippen molar-refractivity contribution in [3.05, 3.63) is 189 Å². The molecule has 5 heterocycles. The molecule has 2 aliphatic heterocycles. The van der Waals surface area contributed by atoms with Gasteiger partial charge in [-0.2, -0.15) is 0 Å². The van der Waals surface area contributed by atoms with Crippen LogP contribution in [0.5, 0.6) is 0 Å². The smallest absolute Gasteiger partial charge is 0.0739 e. The Morgan fingerprint density at radius 2 is 0.607 bits per heavy atom. The third-order valence-corrected chi connectivity index (χ3v) is 11.6. The molecule has 9 rings (SSSR count). The van der Waals surface area contributed by atoms with E-state index in [4.69, 9.17) is 9.97 Å². The number of aryl methyl sites for hydroxylation is 6. The van der Waals surface area contributed by atoms with Gasteiger partial charge in [-0.25, -0.2) is 9.97 Å².